The molecule has 0 radical (unpaired) electrons. The summed E-state index contributed by atoms with van der Waals surface area (Å²) in [6.07, 6.45) is 5.96. The van der Waals surface area contributed by atoms with Crippen LogP contribution >= 0.6 is 11.6 Å². The molecule has 2 unspecified atom stereocenters. The normalized spacial score (nSPS) is 16.2. The number of nitrogens with one attached hydrogen (secondary N) is 2. The number of carbonyl (C=O) groups excluding carboxylic acids is 2. The molecule has 0 saturated carbocycles. The predicted octanol–water partition coefficient (Wildman–Crippen LogP) is 3.20. The van der Waals surface area contributed by atoms with Gasteiger partial charge in [-0.15, -0.1) is 0 Å². The number of carbonyl (C=O) groups is 2. The summed E-state index contributed by atoms with van der Waals surface area (Å²) in [7, 11) is 1.61. The van der Waals surface area contributed by atoms with Gasteiger partial charge in [0.25, 0.3) is 0 Å². The molecule has 202 valence electrons. The molecule has 3 amide bonds. The molecule has 2 aromatic heterocycles. The summed E-state index contributed by atoms with van der Waals surface area (Å²) in [4.78, 5) is 42.8. The van der Waals surface area contributed by atoms with E-state index < -0.39 is 0 Å². The lowest BCUT2D eigenvalue weighted by atomic mass is 10.1. The van der Waals surface area contributed by atoms with Crippen LogP contribution in [0.1, 0.15) is 38.3 Å². The third-order valence-corrected chi connectivity index (χ3v) is 6.58. The van der Waals surface area contributed by atoms with E-state index in [1.54, 1.807) is 41.4 Å². The third kappa shape index (κ3) is 6.71. The minimum absolute atomic E-state index is 0.138. The second kappa shape index (κ2) is 12.6. The molecule has 1 aromatic carbocycles. The zero-order chi connectivity index (χ0) is 27.1. The van der Waals surface area contributed by atoms with Gasteiger partial charge in [0.2, 0.25) is 11.9 Å². The number of hydrogen-bond acceptors (Lipinski definition) is 7. The lowest BCUT2D eigenvalue weighted by molar-refractivity contribution is -0.122. The summed E-state index contributed by atoms with van der Waals surface area (Å²) in [5.41, 5.74) is 0.936. The third-order valence-electron chi connectivity index (χ3n) is 6.39. The van der Waals surface area contributed by atoms with Crippen LogP contribution in [-0.2, 0) is 4.79 Å². The molecule has 12 heteroatoms. The highest BCUT2D eigenvalue weighted by atomic mass is 35.5. The van der Waals surface area contributed by atoms with Gasteiger partial charge in [0.05, 0.1) is 19.2 Å². The van der Waals surface area contributed by atoms with Gasteiger partial charge in [-0.3, -0.25) is 9.36 Å². The van der Waals surface area contributed by atoms with Crippen LogP contribution in [0.4, 0.5) is 10.6 Å². The first-order valence-corrected chi connectivity index (χ1v) is 13.0. The second-order valence-electron chi connectivity index (χ2n) is 9.11. The molecule has 1 aliphatic rings. The quantitative estimate of drug-likeness (QED) is 0.400. The molecule has 2 N–H and O–H groups in total. The van der Waals surface area contributed by atoms with E-state index in [1.807, 2.05) is 43.0 Å². The summed E-state index contributed by atoms with van der Waals surface area (Å²) in [6, 6.07) is 8.60. The van der Waals surface area contributed by atoms with Crippen molar-refractivity contribution in [2.45, 2.75) is 38.8 Å². The summed E-state index contributed by atoms with van der Waals surface area (Å²) < 4.78 is 6.98. The van der Waals surface area contributed by atoms with Gasteiger partial charge in [-0.2, -0.15) is 4.98 Å². The largest absolute Gasteiger partial charge is 0.497 e. The molecule has 2 atom stereocenters. The Morgan fingerprint density at radius 2 is 2.08 bits per heavy atom. The number of imidazole rings is 1. The number of methoxy groups -OCH3 is 1. The van der Waals surface area contributed by atoms with Gasteiger partial charge in [0.1, 0.15) is 23.0 Å². The molecule has 38 heavy (non-hydrogen) atoms. The lowest BCUT2D eigenvalue weighted by Crippen LogP contribution is -2.58. The Balaban J connectivity index is 1.54. The SMILES string of the molecule is CCCNC(=O)N1CCN(c2cc(Cl)nc(-n3ccnc3)n2)C(CC(=O)NC(C)c2cccc(OC)c2)C1. The summed E-state index contributed by atoms with van der Waals surface area (Å²) in [5, 5.41) is 6.28. The fourth-order valence-corrected chi connectivity index (χ4v) is 4.58. The number of hydrogen-bond donors (Lipinski definition) is 2. The zero-order valence-electron chi connectivity index (χ0n) is 21.8. The Bertz CT molecular complexity index is 1240. The van der Waals surface area contributed by atoms with Crippen molar-refractivity contribution < 1.29 is 14.3 Å². The Hall–Kier alpha value is -3.86. The van der Waals surface area contributed by atoms with Crippen LogP contribution in [0.5, 0.6) is 5.75 Å². The summed E-state index contributed by atoms with van der Waals surface area (Å²) >= 11 is 6.36. The van der Waals surface area contributed by atoms with Crippen LogP contribution in [0.2, 0.25) is 5.15 Å². The Morgan fingerprint density at radius 3 is 2.82 bits per heavy atom. The van der Waals surface area contributed by atoms with Crippen LogP contribution in [0, 0.1) is 0 Å². The zero-order valence-corrected chi connectivity index (χ0v) is 22.6. The van der Waals surface area contributed by atoms with Crippen LogP contribution in [0.25, 0.3) is 5.95 Å². The van der Waals surface area contributed by atoms with E-state index in [9.17, 15) is 9.59 Å². The first-order valence-electron chi connectivity index (χ1n) is 12.6. The molecule has 1 fully saturated rings. The van der Waals surface area contributed by atoms with Gasteiger partial charge >= 0.3 is 6.03 Å². The van der Waals surface area contributed by atoms with E-state index in [2.05, 4.69) is 20.6 Å². The van der Waals surface area contributed by atoms with Crippen LogP contribution in [0.3, 0.4) is 0 Å². The number of amides is 3. The molecule has 11 nitrogen and oxygen atoms in total. The molecule has 1 aliphatic heterocycles. The number of ether oxygens (including phenoxy) is 1. The first kappa shape index (κ1) is 27.2. The molecule has 0 bridgehead atoms. The molecule has 0 spiro atoms. The molecule has 0 aliphatic carbocycles. The van der Waals surface area contributed by atoms with Crippen molar-refractivity contribution in [1.82, 2.24) is 35.1 Å². The minimum atomic E-state index is -0.324. The van der Waals surface area contributed by atoms with Crippen molar-refractivity contribution in [3.8, 4) is 11.7 Å². The van der Waals surface area contributed by atoms with Crippen molar-refractivity contribution in [3.05, 3.63) is 59.8 Å². The van der Waals surface area contributed by atoms with E-state index in [0.717, 1.165) is 17.7 Å². The number of aromatic nitrogens is 4. The second-order valence-corrected chi connectivity index (χ2v) is 9.50. The average molecular weight is 541 g/mol. The van der Waals surface area contributed by atoms with Gasteiger partial charge in [-0.1, -0.05) is 30.7 Å². The molecule has 3 aromatic rings. The maximum Gasteiger partial charge on any atom is 0.317 e. The number of rotatable bonds is 9. The highest BCUT2D eigenvalue weighted by Gasteiger charge is 2.32. The Morgan fingerprint density at radius 1 is 1.24 bits per heavy atom. The number of piperazine rings is 1. The standard InChI is InChI=1S/C26H33ClN8O3/c1-4-8-29-26(37)33-11-12-35(23-15-22(27)31-25(32-23)34-10-9-28-17-34)20(16-33)14-24(36)30-18(2)19-6-5-7-21(13-19)38-3/h5-7,9-10,13,15,17-18,20H,4,8,11-12,14,16H2,1-3H3,(H,29,37)(H,30,36). The van der Waals surface area contributed by atoms with Crippen molar-refractivity contribution in [3.63, 3.8) is 0 Å². The van der Waals surface area contributed by atoms with Crippen LogP contribution in [0.15, 0.2) is 49.1 Å². The number of benzene rings is 1. The van der Waals surface area contributed by atoms with Crippen LogP contribution < -0.4 is 20.3 Å². The van der Waals surface area contributed by atoms with Gasteiger partial charge < -0.3 is 25.2 Å². The molecular weight excluding hydrogens is 508 g/mol. The van der Waals surface area contributed by atoms with Crippen LogP contribution in [-0.4, -0.2) is 75.7 Å². The monoisotopic (exact) mass is 540 g/mol. The molecule has 4 rings (SSSR count). The van der Waals surface area contributed by atoms with Gasteiger partial charge in [-0.05, 0) is 31.0 Å². The van der Waals surface area contributed by atoms with Gasteiger partial charge in [0.15, 0.2) is 0 Å². The highest BCUT2D eigenvalue weighted by Crippen LogP contribution is 2.25. The van der Waals surface area contributed by atoms with Gasteiger partial charge in [-0.25, -0.2) is 14.8 Å². The Labute approximate surface area is 227 Å². The topological polar surface area (TPSA) is 118 Å². The van der Waals surface area contributed by atoms with Crippen molar-refractivity contribution in [1.29, 1.82) is 0 Å². The van der Waals surface area contributed by atoms with E-state index in [0.29, 0.717) is 37.9 Å². The number of anilines is 1. The van der Waals surface area contributed by atoms with Crippen molar-refractivity contribution in [2.75, 3.05) is 38.2 Å². The van der Waals surface area contributed by atoms with Gasteiger partial charge in [0, 0.05) is 51.1 Å². The Kier molecular flexibility index (Phi) is 9.01. The van der Waals surface area contributed by atoms with E-state index in [1.165, 1.54) is 0 Å². The number of halogens is 1. The number of urea groups is 1. The highest BCUT2D eigenvalue weighted by molar-refractivity contribution is 6.29. The lowest BCUT2D eigenvalue weighted by Gasteiger charge is -2.42. The first-order chi connectivity index (χ1) is 18.4. The minimum Gasteiger partial charge on any atom is -0.497 e. The fourth-order valence-electron chi connectivity index (χ4n) is 4.40. The van der Waals surface area contributed by atoms with E-state index >= 15 is 0 Å². The maximum atomic E-state index is 13.2. The van der Waals surface area contributed by atoms with Crippen molar-refractivity contribution in [2.24, 2.45) is 0 Å². The number of nitrogens with zero attached hydrogens (tertiary/aromatic N) is 6. The maximum absolute atomic E-state index is 13.2. The average Bonchev–Trinajstić information content (AvgIpc) is 3.46. The molecule has 3 heterocycles. The van der Waals surface area contributed by atoms with E-state index in [4.69, 9.17) is 21.3 Å². The van der Waals surface area contributed by atoms with E-state index in [-0.39, 0.29) is 35.6 Å². The van der Waals surface area contributed by atoms with Crippen molar-refractivity contribution >= 4 is 29.4 Å². The molecular formula is C26H33ClN8O3. The molecule has 1 saturated heterocycles. The summed E-state index contributed by atoms with van der Waals surface area (Å²) in [6.45, 7) is 5.86. The fraction of sp³-hybridized carbons (Fsp3) is 0.423. The summed E-state index contributed by atoms with van der Waals surface area (Å²) in [5.74, 6) is 1.55. The smallest absolute Gasteiger partial charge is 0.317 e. The predicted molar refractivity (Wildman–Crippen MR) is 145 cm³/mol.